The van der Waals surface area contributed by atoms with E-state index in [1.807, 2.05) is 0 Å². The van der Waals surface area contributed by atoms with Gasteiger partial charge in [-0.25, -0.2) is 22.4 Å². The summed E-state index contributed by atoms with van der Waals surface area (Å²) in [6.07, 6.45) is 0.121. The summed E-state index contributed by atoms with van der Waals surface area (Å²) in [5, 5.41) is 8.89. The highest BCUT2D eigenvalue weighted by atomic mass is 19.2. The Morgan fingerprint density at radius 3 is 2.07 bits per heavy atom. The summed E-state index contributed by atoms with van der Waals surface area (Å²) in [6.45, 7) is 8.11. The van der Waals surface area contributed by atoms with Crippen LogP contribution in [0.1, 0.15) is 51.2 Å². The summed E-state index contributed by atoms with van der Waals surface area (Å²) in [7, 11) is 0. The van der Waals surface area contributed by atoms with Crippen LogP contribution < -0.4 is 0 Å². The Balaban J connectivity index is 3.14. The third-order valence-corrected chi connectivity index (χ3v) is 4.98. The Kier molecular flexibility index (Phi) is 9.33. The van der Waals surface area contributed by atoms with Gasteiger partial charge in [-0.2, -0.15) is 0 Å². The van der Waals surface area contributed by atoms with Crippen LogP contribution in [-0.4, -0.2) is 23.7 Å². The number of hydrogen-bond donors (Lipinski definition) is 1. The van der Waals surface area contributed by atoms with Crippen LogP contribution in [0.2, 0.25) is 0 Å². The summed E-state index contributed by atoms with van der Waals surface area (Å²) in [6, 6.07) is 0. The van der Waals surface area contributed by atoms with Gasteiger partial charge in [0.25, 0.3) is 0 Å². The first-order valence-electron chi connectivity index (χ1n) is 9.39. The Bertz CT molecular complexity index is 777. The largest absolute Gasteiger partial charge is 0.481 e. The zero-order chi connectivity index (χ0) is 22.3. The molecule has 8 heteroatoms. The lowest BCUT2D eigenvalue weighted by Gasteiger charge is -2.25. The molecule has 1 aromatic rings. The average molecular weight is 418 g/mol. The monoisotopic (exact) mass is 418 g/mol. The van der Waals surface area contributed by atoms with Crippen molar-refractivity contribution in [1.29, 1.82) is 0 Å². The predicted molar refractivity (Wildman–Crippen MR) is 99.3 cm³/mol. The van der Waals surface area contributed by atoms with Gasteiger partial charge in [-0.05, 0) is 55.6 Å². The standard InChI is InChI=1S/C21H26F4O4/c1-5-14-15(18(23)20(25)19(24)17(14)22)10-13(12(4)6-7-16(26)27)8-9-29-21(28)11(2)3/h12-13H,2,5-10H2,1,3-4H3,(H,26,27). The Hall–Kier alpha value is -2.38. The molecule has 0 fully saturated rings. The van der Waals surface area contributed by atoms with Gasteiger partial charge in [-0.15, -0.1) is 0 Å². The van der Waals surface area contributed by atoms with Gasteiger partial charge in [-0.1, -0.05) is 20.4 Å². The molecule has 0 aliphatic rings. The SMILES string of the molecule is C=C(C)C(=O)OCCC(Cc1c(F)c(F)c(F)c(F)c1CC)C(C)CCC(=O)O. The van der Waals surface area contributed by atoms with E-state index in [4.69, 9.17) is 9.84 Å². The van der Waals surface area contributed by atoms with Crippen LogP contribution in [0, 0.1) is 35.1 Å². The first-order valence-corrected chi connectivity index (χ1v) is 9.39. The number of carboxylic acid groups (broad SMARTS) is 1. The van der Waals surface area contributed by atoms with E-state index in [-0.39, 0.29) is 61.3 Å². The molecule has 1 aromatic carbocycles. The summed E-state index contributed by atoms with van der Waals surface area (Å²) in [4.78, 5) is 22.4. The van der Waals surface area contributed by atoms with Crippen molar-refractivity contribution in [3.8, 4) is 0 Å². The highest BCUT2D eigenvalue weighted by molar-refractivity contribution is 5.86. The predicted octanol–water partition coefficient (Wildman–Crippen LogP) is 4.97. The number of rotatable bonds is 11. The van der Waals surface area contributed by atoms with Crippen LogP contribution in [0.3, 0.4) is 0 Å². The van der Waals surface area contributed by atoms with Crippen molar-refractivity contribution in [2.45, 2.75) is 52.9 Å². The van der Waals surface area contributed by atoms with Gasteiger partial charge in [-0.3, -0.25) is 4.79 Å². The molecule has 0 heterocycles. The van der Waals surface area contributed by atoms with E-state index >= 15 is 0 Å². The van der Waals surface area contributed by atoms with Gasteiger partial charge < -0.3 is 9.84 Å². The van der Waals surface area contributed by atoms with Crippen molar-refractivity contribution in [2.75, 3.05) is 6.61 Å². The first-order chi connectivity index (χ1) is 13.5. The molecule has 0 saturated heterocycles. The topological polar surface area (TPSA) is 63.6 Å². The van der Waals surface area contributed by atoms with E-state index in [0.29, 0.717) is 0 Å². The zero-order valence-corrected chi connectivity index (χ0v) is 16.8. The number of hydrogen-bond acceptors (Lipinski definition) is 3. The Labute approximate surface area is 167 Å². The quantitative estimate of drug-likeness (QED) is 0.181. The molecule has 2 atom stereocenters. The number of benzene rings is 1. The second-order valence-electron chi connectivity index (χ2n) is 7.15. The van der Waals surface area contributed by atoms with Gasteiger partial charge in [0.05, 0.1) is 6.61 Å². The molecule has 4 nitrogen and oxygen atoms in total. The molecular formula is C21H26F4O4. The number of halogens is 4. The molecule has 29 heavy (non-hydrogen) atoms. The number of carboxylic acids is 1. The summed E-state index contributed by atoms with van der Waals surface area (Å²) in [5.41, 5.74) is -0.333. The normalized spacial score (nSPS) is 13.1. The number of carbonyl (C=O) groups excluding carboxylic acids is 1. The van der Waals surface area contributed by atoms with E-state index in [2.05, 4.69) is 6.58 Å². The van der Waals surface area contributed by atoms with Crippen LogP contribution in [0.4, 0.5) is 17.6 Å². The average Bonchev–Trinajstić information content (AvgIpc) is 2.67. The highest BCUT2D eigenvalue weighted by Crippen LogP contribution is 2.31. The molecule has 0 saturated carbocycles. The van der Waals surface area contributed by atoms with E-state index in [0.717, 1.165) is 0 Å². The smallest absolute Gasteiger partial charge is 0.333 e. The zero-order valence-electron chi connectivity index (χ0n) is 16.8. The summed E-state index contributed by atoms with van der Waals surface area (Å²) in [5.74, 6) is -8.95. The maximum absolute atomic E-state index is 14.4. The highest BCUT2D eigenvalue weighted by Gasteiger charge is 2.28. The molecular weight excluding hydrogens is 392 g/mol. The van der Waals surface area contributed by atoms with Gasteiger partial charge in [0.15, 0.2) is 23.3 Å². The minimum absolute atomic E-state index is 0.0455. The molecule has 0 radical (unpaired) electrons. The van der Waals surface area contributed by atoms with Crippen LogP contribution >= 0.6 is 0 Å². The van der Waals surface area contributed by atoms with E-state index in [9.17, 15) is 27.2 Å². The number of esters is 1. The van der Waals surface area contributed by atoms with Crippen LogP contribution in [0.5, 0.6) is 0 Å². The van der Waals surface area contributed by atoms with Crippen molar-refractivity contribution in [2.24, 2.45) is 11.8 Å². The van der Waals surface area contributed by atoms with E-state index < -0.39 is 41.1 Å². The van der Waals surface area contributed by atoms with Crippen LogP contribution in [-0.2, 0) is 27.2 Å². The van der Waals surface area contributed by atoms with Crippen molar-refractivity contribution in [1.82, 2.24) is 0 Å². The minimum Gasteiger partial charge on any atom is -0.481 e. The number of aliphatic carboxylic acids is 1. The van der Waals surface area contributed by atoms with Gasteiger partial charge in [0.2, 0.25) is 0 Å². The first kappa shape index (κ1) is 24.7. The maximum Gasteiger partial charge on any atom is 0.333 e. The van der Waals surface area contributed by atoms with Crippen molar-refractivity contribution < 1.29 is 37.0 Å². The van der Waals surface area contributed by atoms with Gasteiger partial charge in [0.1, 0.15) is 0 Å². The lowest BCUT2D eigenvalue weighted by atomic mass is 9.81. The van der Waals surface area contributed by atoms with Crippen molar-refractivity contribution in [3.05, 3.63) is 46.5 Å². The third-order valence-electron chi connectivity index (χ3n) is 4.98. The van der Waals surface area contributed by atoms with Crippen molar-refractivity contribution >= 4 is 11.9 Å². The fourth-order valence-corrected chi connectivity index (χ4v) is 3.17. The molecule has 162 valence electrons. The fourth-order valence-electron chi connectivity index (χ4n) is 3.17. The maximum atomic E-state index is 14.4. The van der Waals surface area contributed by atoms with Crippen LogP contribution in [0.15, 0.2) is 12.2 Å². The number of ether oxygens (including phenoxy) is 1. The van der Waals surface area contributed by atoms with Crippen molar-refractivity contribution in [3.63, 3.8) is 0 Å². The van der Waals surface area contributed by atoms with Crippen LogP contribution in [0.25, 0.3) is 0 Å². The molecule has 1 N–H and O–H groups in total. The molecule has 0 amide bonds. The third kappa shape index (κ3) is 6.58. The Morgan fingerprint density at radius 1 is 1.03 bits per heavy atom. The second kappa shape index (κ2) is 11.0. The molecule has 0 aromatic heterocycles. The second-order valence-corrected chi connectivity index (χ2v) is 7.15. The summed E-state index contributed by atoms with van der Waals surface area (Å²) >= 11 is 0. The van der Waals surface area contributed by atoms with E-state index in [1.165, 1.54) is 13.8 Å². The summed E-state index contributed by atoms with van der Waals surface area (Å²) < 4.78 is 60.9. The lowest BCUT2D eigenvalue weighted by molar-refractivity contribution is -0.139. The Morgan fingerprint density at radius 2 is 1.59 bits per heavy atom. The molecule has 0 spiro atoms. The molecule has 0 aliphatic carbocycles. The molecule has 0 bridgehead atoms. The van der Waals surface area contributed by atoms with Gasteiger partial charge >= 0.3 is 11.9 Å². The van der Waals surface area contributed by atoms with E-state index in [1.54, 1.807) is 6.92 Å². The van der Waals surface area contributed by atoms with Gasteiger partial charge in [0, 0.05) is 12.0 Å². The lowest BCUT2D eigenvalue weighted by Crippen LogP contribution is -2.21. The fraction of sp³-hybridized carbons (Fsp3) is 0.524. The molecule has 1 rings (SSSR count). The minimum atomic E-state index is -1.87. The number of carbonyl (C=O) groups is 2. The molecule has 2 unspecified atom stereocenters. The molecule has 0 aliphatic heterocycles.